The van der Waals surface area contributed by atoms with Crippen molar-refractivity contribution in [3.8, 4) is 5.82 Å². The summed E-state index contributed by atoms with van der Waals surface area (Å²) in [6.45, 7) is 5.83. The number of nitrogens with zero attached hydrogens (tertiary/aromatic N) is 6. The lowest BCUT2D eigenvalue weighted by molar-refractivity contribution is -0.125. The van der Waals surface area contributed by atoms with E-state index in [1.165, 1.54) is 0 Å². The molecule has 0 radical (unpaired) electrons. The third-order valence-electron chi connectivity index (χ3n) is 5.85. The first-order valence-corrected chi connectivity index (χ1v) is 10.9. The maximum Gasteiger partial charge on any atom is 0.225 e. The first-order chi connectivity index (χ1) is 15.6. The van der Waals surface area contributed by atoms with Gasteiger partial charge >= 0.3 is 0 Å². The average Bonchev–Trinajstić information content (AvgIpc) is 3.39. The van der Waals surface area contributed by atoms with Crippen molar-refractivity contribution in [3.63, 3.8) is 0 Å². The summed E-state index contributed by atoms with van der Waals surface area (Å²) in [5, 5.41) is 16.3. The third-order valence-corrected chi connectivity index (χ3v) is 5.85. The summed E-state index contributed by atoms with van der Waals surface area (Å²) < 4.78 is 1.79. The highest BCUT2D eigenvalue weighted by atomic mass is 16.1. The molecule has 2 N–H and O–H groups in total. The molecule has 0 spiro atoms. The van der Waals surface area contributed by atoms with Crippen LogP contribution in [0.25, 0.3) is 16.9 Å². The first-order valence-electron chi connectivity index (χ1n) is 10.9. The fourth-order valence-electron chi connectivity index (χ4n) is 4.26. The number of aromatic amines is 1. The van der Waals surface area contributed by atoms with Crippen LogP contribution in [0.5, 0.6) is 0 Å². The number of aryl methyl sites for hydroxylation is 2. The molecule has 1 amide bonds. The summed E-state index contributed by atoms with van der Waals surface area (Å²) >= 11 is 0. The number of nitrogens with one attached hydrogen (secondary N) is 2. The Morgan fingerprint density at radius 1 is 1.16 bits per heavy atom. The molecule has 164 valence electrons. The number of fused-ring (bicyclic) bond motifs is 1. The number of aromatic nitrogens is 6. The number of rotatable bonds is 5. The van der Waals surface area contributed by atoms with E-state index < -0.39 is 0 Å². The molecule has 0 aliphatic carbocycles. The number of imidazole rings is 1. The van der Waals surface area contributed by atoms with Crippen LogP contribution >= 0.6 is 0 Å². The number of piperidine rings is 1. The van der Waals surface area contributed by atoms with Gasteiger partial charge in [-0.2, -0.15) is 5.10 Å². The van der Waals surface area contributed by atoms with E-state index in [1.807, 2.05) is 56.3 Å². The fourth-order valence-corrected chi connectivity index (χ4v) is 4.26. The fraction of sp³-hybridized carbons (Fsp3) is 0.348. The molecule has 9 nitrogen and oxygen atoms in total. The molecule has 1 fully saturated rings. The molecule has 1 aromatic carbocycles. The highest BCUT2D eigenvalue weighted by Gasteiger charge is 2.27. The Bertz CT molecular complexity index is 1210. The maximum atomic E-state index is 12.8. The van der Waals surface area contributed by atoms with Gasteiger partial charge in [0.15, 0.2) is 11.6 Å². The van der Waals surface area contributed by atoms with Crippen molar-refractivity contribution < 1.29 is 4.79 Å². The van der Waals surface area contributed by atoms with Crippen LogP contribution in [0.3, 0.4) is 0 Å². The van der Waals surface area contributed by atoms with E-state index in [9.17, 15) is 4.79 Å². The summed E-state index contributed by atoms with van der Waals surface area (Å²) in [4.78, 5) is 22.7. The number of hydrogen-bond acceptors (Lipinski definition) is 6. The number of H-pyrrole nitrogens is 1. The van der Waals surface area contributed by atoms with E-state index in [-0.39, 0.29) is 11.8 Å². The number of anilines is 1. The molecule has 5 rings (SSSR count). The number of carbonyl (C=O) groups excluding carboxylic acids is 1. The number of amides is 1. The molecular formula is C23H26N8O. The zero-order valence-electron chi connectivity index (χ0n) is 18.2. The lowest BCUT2D eigenvalue weighted by Gasteiger charge is -2.32. The van der Waals surface area contributed by atoms with Gasteiger partial charge in [0.2, 0.25) is 5.91 Å². The Morgan fingerprint density at radius 2 is 1.97 bits per heavy atom. The van der Waals surface area contributed by atoms with E-state index in [1.54, 1.807) is 4.68 Å². The van der Waals surface area contributed by atoms with Crippen LogP contribution in [-0.4, -0.2) is 48.9 Å². The van der Waals surface area contributed by atoms with Gasteiger partial charge < -0.3 is 15.2 Å². The normalized spacial score (nSPS) is 16.4. The first kappa shape index (κ1) is 20.2. The second kappa shape index (κ2) is 8.41. The molecule has 9 heteroatoms. The molecule has 0 saturated carbocycles. The van der Waals surface area contributed by atoms with Crippen LogP contribution in [-0.2, 0) is 11.3 Å². The predicted molar refractivity (Wildman–Crippen MR) is 122 cm³/mol. The number of para-hydroxylation sites is 2. The van der Waals surface area contributed by atoms with Crippen LogP contribution in [0.4, 0.5) is 5.82 Å². The van der Waals surface area contributed by atoms with Gasteiger partial charge in [0.25, 0.3) is 0 Å². The van der Waals surface area contributed by atoms with Crippen LogP contribution in [0, 0.1) is 19.8 Å². The van der Waals surface area contributed by atoms with E-state index in [0.717, 1.165) is 53.4 Å². The van der Waals surface area contributed by atoms with Gasteiger partial charge in [-0.1, -0.05) is 12.1 Å². The lowest BCUT2D eigenvalue weighted by Crippen LogP contribution is -2.43. The standard InChI is InChI=1S/C23H26N8O/c1-15-12-16(2)31(29-15)22-10-9-21(27-28-22)30-11-5-6-17(14-30)23(32)24-13-20-25-18-7-3-4-8-19(18)26-20/h3-4,7-10,12,17H,5-6,11,13-14H2,1-2H3,(H,24,32)(H,25,26). The molecule has 1 atom stereocenters. The minimum Gasteiger partial charge on any atom is -0.354 e. The van der Waals surface area contributed by atoms with Crippen LogP contribution in [0.1, 0.15) is 30.1 Å². The van der Waals surface area contributed by atoms with Crippen LogP contribution < -0.4 is 10.2 Å². The minimum absolute atomic E-state index is 0.0439. The quantitative estimate of drug-likeness (QED) is 0.504. The monoisotopic (exact) mass is 430 g/mol. The molecule has 32 heavy (non-hydrogen) atoms. The van der Waals surface area contributed by atoms with Crippen LogP contribution in [0.2, 0.25) is 0 Å². The van der Waals surface area contributed by atoms with Crippen molar-refractivity contribution >= 4 is 22.8 Å². The van der Waals surface area contributed by atoms with Gasteiger partial charge in [0.05, 0.1) is 29.2 Å². The van der Waals surface area contributed by atoms with E-state index >= 15 is 0 Å². The topological polar surface area (TPSA) is 105 Å². The molecule has 4 aromatic rings. The molecule has 0 bridgehead atoms. The smallest absolute Gasteiger partial charge is 0.225 e. The van der Waals surface area contributed by atoms with Gasteiger partial charge in [-0.05, 0) is 57.0 Å². The summed E-state index contributed by atoms with van der Waals surface area (Å²) in [7, 11) is 0. The minimum atomic E-state index is -0.0920. The van der Waals surface area contributed by atoms with Crippen molar-refractivity contribution in [2.75, 3.05) is 18.0 Å². The van der Waals surface area contributed by atoms with Gasteiger partial charge in [0, 0.05) is 18.8 Å². The Labute approximate surface area is 185 Å². The van der Waals surface area contributed by atoms with Crippen molar-refractivity contribution in [1.29, 1.82) is 0 Å². The Balaban J connectivity index is 1.21. The molecule has 3 aromatic heterocycles. The molecule has 1 saturated heterocycles. The van der Waals surface area contributed by atoms with Gasteiger partial charge in [-0.25, -0.2) is 9.67 Å². The van der Waals surface area contributed by atoms with E-state index in [4.69, 9.17) is 0 Å². The Morgan fingerprint density at radius 3 is 2.72 bits per heavy atom. The van der Waals surface area contributed by atoms with Gasteiger partial charge in [-0.15, -0.1) is 10.2 Å². The van der Waals surface area contributed by atoms with Crippen molar-refractivity contribution in [3.05, 3.63) is 59.7 Å². The zero-order valence-corrected chi connectivity index (χ0v) is 18.2. The second-order valence-electron chi connectivity index (χ2n) is 8.29. The Hall–Kier alpha value is -3.75. The van der Waals surface area contributed by atoms with E-state index in [0.29, 0.717) is 18.9 Å². The van der Waals surface area contributed by atoms with Gasteiger partial charge in [0.1, 0.15) is 5.82 Å². The molecule has 4 heterocycles. The summed E-state index contributed by atoms with van der Waals surface area (Å²) in [6.07, 6.45) is 1.79. The van der Waals surface area contributed by atoms with E-state index in [2.05, 4.69) is 35.5 Å². The van der Waals surface area contributed by atoms with Crippen LogP contribution in [0.15, 0.2) is 42.5 Å². The van der Waals surface area contributed by atoms with Gasteiger partial charge in [-0.3, -0.25) is 4.79 Å². The maximum absolute atomic E-state index is 12.8. The SMILES string of the molecule is Cc1cc(C)n(-c2ccc(N3CCCC(C(=O)NCc4nc5ccccc5[nH]4)C3)nn2)n1. The summed E-state index contributed by atoms with van der Waals surface area (Å²) in [5.74, 6) is 2.19. The summed E-state index contributed by atoms with van der Waals surface area (Å²) in [5.41, 5.74) is 3.84. The molecule has 1 aliphatic rings. The van der Waals surface area contributed by atoms with Crippen molar-refractivity contribution in [2.24, 2.45) is 5.92 Å². The number of benzene rings is 1. The van der Waals surface area contributed by atoms with Crippen molar-refractivity contribution in [1.82, 2.24) is 35.3 Å². The summed E-state index contributed by atoms with van der Waals surface area (Å²) in [6, 6.07) is 13.7. The molecule has 1 unspecified atom stereocenters. The lowest BCUT2D eigenvalue weighted by atomic mass is 9.97. The number of carbonyl (C=O) groups is 1. The number of hydrogen-bond donors (Lipinski definition) is 2. The Kier molecular flexibility index (Phi) is 5.30. The highest BCUT2D eigenvalue weighted by Crippen LogP contribution is 2.22. The predicted octanol–water partition coefficient (Wildman–Crippen LogP) is 2.69. The third kappa shape index (κ3) is 4.05. The highest BCUT2D eigenvalue weighted by molar-refractivity contribution is 5.80. The molecular weight excluding hydrogens is 404 g/mol. The van der Waals surface area contributed by atoms with Crippen molar-refractivity contribution in [2.45, 2.75) is 33.2 Å². The second-order valence-corrected chi connectivity index (χ2v) is 8.29. The largest absolute Gasteiger partial charge is 0.354 e. The molecule has 1 aliphatic heterocycles. The average molecular weight is 431 g/mol. The zero-order chi connectivity index (χ0) is 22.1.